The Morgan fingerprint density at radius 1 is 1.43 bits per heavy atom. The maximum Gasteiger partial charge on any atom is 0.308 e. The molecule has 0 aromatic heterocycles. The van der Waals surface area contributed by atoms with E-state index in [0.717, 1.165) is 19.3 Å². The van der Waals surface area contributed by atoms with Gasteiger partial charge in [0.15, 0.2) is 11.6 Å². The van der Waals surface area contributed by atoms with E-state index in [1.54, 1.807) is 18.2 Å². The predicted octanol–water partition coefficient (Wildman–Crippen LogP) is 2.42. The van der Waals surface area contributed by atoms with Crippen LogP contribution in [0.15, 0.2) is 18.2 Å². The van der Waals surface area contributed by atoms with Crippen LogP contribution in [0.4, 0.5) is 4.39 Å². The Balaban J connectivity index is 1.71. The smallest absolute Gasteiger partial charge is 0.308 e. The topological polar surface area (TPSA) is 58.6 Å². The highest BCUT2D eigenvalue weighted by Gasteiger charge is 2.50. The quantitative estimate of drug-likeness (QED) is 0.875. The van der Waals surface area contributed by atoms with Gasteiger partial charge in [0.2, 0.25) is 0 Å². The number of methoxy groups -OCH3 is 1. The largest absolute Gasteiger partial charge is 0.494 e. The summed E-state index contributed by atoms with van der Waals surface area (Å²) < 4.78 is 19.1. The summed E-state index contributed by atoms with van der Waals surface area (Å²) in [7, 11) is 1.44. The number of fused-ring (bicyclic) bond motifs is 2. The van der Waals surface area contributed by atoms with Crippen molar-refractivity contribution in [1.29, 1.82) is 0 Å². The Morgan fingerprint density at radius 2 is 2.19 bits per heavy atom. The number of nitrogens with one attached hydrogen (secondary N) is 1. The molecule has 0 radical (unpaired) electrons. The fourth-order valence-corrected chi connectivity index (χ4v) is 4.02. The summed E-state index contributed by atoms with van der Waals surface area (Å²) in [4.78, 5) is 11.4. The molecular weight excluding hydrogens is 273 g/mol. The number of halogens is 1. The van der Waals surface area contributed by atoms with Gasteiger partial charge in [0.25, 0.3) is 0 Å². The van der Waals surface area contributed by atoms with Crippen LogP contribution in [0.1, 0.15) is 24.8 Å². The SMILES string of the molecule is COc1cccc(CNC2C3CCC(C3)C2C(=O)O)c1F. The molecule has 3 rings (SSSR count). The summed E-state index contributed by atoms with van der Waals surface area (Å²) in [6, 6.07) is 4.98. The number of aliphatic carboxylic acids is 1. The monoisotopic (exact) mass is 293 g/mol. The fourth-order valence-electron chi connectivity index (χ4n) is 4.02. The number of rotatable bonds is 5. The molecule has 0 saturated heterocycles. The highest BCUT2D eigenvalue weighted by molar-refractivity contribution is 5.72. The molecule has 1 aromatic rings. The summed E-state index contributed by atoms with van der Waals surface area (Å²) in [5.74, 6) is -0.535. The average Bonchev–Trinajstić information content (AvgIpc) is 3.06. The van der Waals surface area contributed by atoms with E-state index in [9.17, 15) is 14.3 Å². The van der Waals surface area contributed by atoms with E-state index in [0.29, 0.717) is 18.0 Å². The van der Waals surface area contributed by atoms with Gasteiger partial charge in [-0.3, -0.25) is 4.79 Å². The molecule has 2 bridgehead atoms. The van der Waals surface area contributed by atoms with E-state index in [1.807, 2.05) is 0 Å². The van der Waals surface area contributed by atoms with Gasteiger partial charge in [-0.25, -0.2) is 4.39 Å². The lowest BCUT2D eigenvalue weighted by Gasteiger charge is -2.29. The number of carboxylic acids is 1. The molecule has 5 heteroatoms. The predicted molar refractivity (Wildman–Crippen MR) is 75.5 cm³/mol. The lowest BCUT2D eigenvalue weighted by Crippen LogP contribution is -2.43. The summed E-state index contributed by atoms with van der Waals surface area (Å²) in [6.45, 7) is 0.334. The Labute approximate surface area is 123 Å². The first-order valence-electron chi connectivity index (χ1n) is 7.39. The normalized spacial score (nSPS) is 30.6. The minimum Gasteiger partial charge on any atom is -0.494 e. The lowest BCUT2D eigenvalue weighted by atomic mass is 9.84. The van der Waals surface area contributed by atoms with Gasteiger partial charge >= 0.3 is 5.97 Å². The molecule has 4 nitrogen and oxygen atoms in total. The van der Waals surface area contributed by atoms with Gasteiger partial charge in [-0.15, -0.1) is 0 Å². The van der Waals surface area contributed by atoms with Crippen LogP contribution in [0.2, 0.25) is 0 Å². The van der Waals surface area contributed by atoms with Crippen LogP contribution < -0.4 is 10.1 Å². The molecule has 1 aromatic carbocycles. The van der Waals surface area contributed by atoms with Crippen molar-refractivity contribution in [2.75, 3.05) is 7.11 Å². The molecule has 4 unspecified atom stereocenters. The molecule has 2 N–H and O–H groups in total. The molecule has 4 atom stereocenters. The van der Waals surface area contributed by atoms with Gasteiger partial charge < -0.3 is 15.2 Å². The summed E-state index contributed by atoms with van der Waals surface area (Å²) in [5, 5.41) is 12.7. The molecule has 0 amide bonds. The van der Waals surface area contributed by atoms with Gasteiger partial charge in [-0.05, 0) is 37.2 Å². The van der Waals surface area contributed by atoms with Gasteiger partial charge in [-0.1, -0.05) is 12.1 Å². The molecule has 0 heterocycles. The van der Waals surface area contributed by atoms with E-state index < -0.39 is 5.97 Å². The van der Waals surface area contributed by atoms with E-state index >= 15 is 0 Å². The van der Waals surface area contributed by atoms with Crippen LogP contribution >= 0.6 is 0 Å². The van der Waals surface area contributed by atoms with Gasteiger partial charge in [0, 0.05) is 18.2 Å². The summed E-state index contributed by atoms with van der Waals surface area (Å²) in [5.41, 5.74) is 0.515. The number of benzene rings is 1. The Kier molecular flexibility index (Phi) is 3.85. The third kappa shape index (κ3) is 2.50. The lowest BCUT2D eigenvalue weighted by molar-refractivity contribution is -0.144. The Morgan fingerprint density at radius 3 is 2.90 bits per heavy atom. The third-order valence-corrected chi connectivity index (χ3v) is 4.99. The first kappa shape index (κ1) is 14.3. The van der Waals surface area contributed by atoms with E-state index in [2.05, 4.69) is 5.32 Å². The zero-order chi connectivity index (χ0) is 15.0. The second-order valence-corrected chi connectivity index (χ2v) is 6.04. The fraction of sp³-hybridized carbons (Fsp3) is 0.562. The van der Waals surface area contributed by atoms with Crippen molar-refractivity contribution in [2.24, 2.45) is 17.8 Å². The second kappa shape index (κ2) is 5.64. The number of carboxylic acid groups (broad SMARTS) is 1. The number of hydrogen-bond acceptors (Lipinski definition) is 3. The van der Waals surface area contributed by atoms with E-state index in [-0.39, 0.29) is 29.4 Å². The molecule has 114 valence electrons. The van der Waals surface area contributed by atoms with Crippen LogP contribution in [0.5, 0.6) is 5.75 Å². The molecule has 2 aliphatic rings. The van der Waals surface area contributed by atoms with Crippen LogP contribution in [0, 0.1) is 23.6 Å². The van der Waals surface area contributed by atoms with Crippen molar-refractivity contribution >= 4 is 5.97 Å². The molecular formula is C16H20FNO3. The third-order valence-electron chi connectivity index (χ3n) is 4.99. The van der Waals surface area contributed by atoms with Gasteiger partial charge in [-0.2, -0.15) is 0 Å². The zero-order valence-corrected chi connectivity index (χ0v) is 12.0. The summed E-state index contributed by atoms with van der Waals surface area (Å²) in [6.07, 6.45) is 3.06. The van der Waals surface area contributed by atoms with Crippen LogP contribution in [-0.4, -0.2) is 24.2 Å². The maximum absolute atomic E-state index is 14.1. The molecule has 2 aliphatic carbocycles. The summed E-state index contributed by atoms with van der Waals surface area (Å²) >= 11 is 0. The number of carbonyl (C=O) groups is 1. The molecule has 0 aliphatic heterocycles. The molecule has 2 fully saturated rings. The van der Waals surface area contributed by atoms with E-state index in [4.69, 9.17) is 4.74 Å². The molecule has 2 saturated carbocycles. The average molecular weight is 293 g/mol. The van der Waals surface area contributed by atoms with Crippen molar-refractivity contribution in [2.45, 2.75) is 31.8 Å². The molecule has 21 heavy (non-hydrogen) atoms. The minimum atomic E-state index is -0.731. The zero-order valence-electron chi connectivity index (χ0n) is 12.0. The van der Waals surface area contributed by atoms with Crippen LogP contribution in [0.3, 0.4) is 0 Å². The van der Waals surface area contributed by atoms with Crippen molar-refractivity contribution in [3.8, 4) is 5.75 Å². The first-order chi connectivity index (χ1) is 10.1. The first-order valence-corrected chi connectivity index (χ1v) is 7.39. The Hall–Kier alpha value is -1.62. The van der Waals surface area contributed by atoms with E-state index in [1.165, 1.54) is 7.11 Å². The maximum atomic E-state index is 14.1. The second-order valence-electron chi connectivity index (χ2n) is 6.04. The van der Waals surface area contributed by atoms with Crippen molar-refractivity contribution in [3.63, 3.8) is 0 Å². The number of hydrogen-bond donors (Lipinski definition) is 2. The van der Waals surface area contributed by atoms with Crippen molar-refractivity contribution in [1.82, 2.24) is 5.32 Å². The van der Waals surface area contributed by atoms with Crippen molar-refractivity contribution in [3.05, 3.63) is 29.6 Å². The number of ether oxygens (including phenoxy) is 1. The van der Waals surface area contributed by atoms with Crippen LogP contribution in [-0.2, 0) is 11.3 Å². The Bertz CT molecular complexity index is 548. The minimum absolute atomic E-state index is 0.0492. The standard InChI is InChI=1S/C16H20FNO3/c1-21-12-4-2-3-11(14(12)17)8-18-15-10-6-5-9(7-10)13(15)16(19)20/h2-4,9-10,13,15,18H,5-8H2,1H3,(H,19,20). The van der Waals surface area contributed by atoms with Gasteiger partial charge in [0.05, 0.1) is 13.0 Å². The highest BCUT2D eigenvalue weighted by atomic mass is 19.1. The van der Waals surface area contributed by atoms with Gasteiger partial charge in [0.1, 0.15) is 0 Å². The van der Waals surface area contributed by atoms with Crippen molar-refractivity contribution < 1.29 is 19.0 Å². The highest BCUT2D eigenvalue weighted by Crippen LogP contribution is 2.48. The van der Waals surface area contributed by atoms with Crippen LogP contribution in [0.25, 0.3) is 0 Å². The molecule has 0 spiro atoms.